The third kappa shape index (κ3) is 3.90. The zero-order chi connectivity index (χ0) is 16.1. The number of piperidine rings is 1. The van der Waals surface area contributed by atoms with Gasteiger partial charge in [0.25, 0.3) is 0 Å². The van der Waals surface area contributed by atoms with Crippen LogP contribution in [0.4, 0.5) is 10.5 Å². The summed E-state index contributed by atoms with van der Waals surface area (Å²) >= 11 is 0. The topological polar surface area (TPSA) is 61.9 Å². The van der Waals surface area contributed by atoms with Crippen molar-refractivity contribution < 1.29 is 14.3 Å². The Balaban J connectivity index is 1.98. The van der Waals surface area contributed by atoms with Crippen LogP contribution in [-0.2, 0) is 4.79 Å². The molecule has 1 heterocycles. The molecular formula is C16H23N3O3. The molecule has 6 nitrogen and oxygen atoms in total. The van der Waals surface area contributed by atoms with Crippen LogP contribution in [0.2, 0.25) is 0 Å². The van der Waals surface area contributed by atoms with E-state index in [4.69, 9.17) is 4.74 Å². The molecule has 3 amide bonds. The SMILES string of the molecule is COc1cccc(NC(=O)[C@@H]2CCCN(C(=O)N(C)C)C2)c1. The van der Waals surface area contributed by atoms with E-state index in [-0.39, 0.29) is 17.9 Å². The van der Waals surface area contributed by atoms with Crippen LogP contribution < -0.4 is 10.1 Å². The summed E-state index contributed by atoms with van der Waals surface area (Å²) in [5.74, 6) is 0.471. The molecule has 1 aliphatic heterocycles. The van der Waals surface area contributed by atoms with E-state index in [0.717, 1.165) is 12.8 Å². The molecule has 2 rings (SSSR count). The molecule has 0 radical (unpaired) electrons. The van der Waals surface area contributed by atoms with Gasteiger partial charge in [-0.3, -0.25) is 4.79 Å². The van der Waals surface area contributed by atoms with Gasteiger partial charge in [0.1, 0.15) is 5.75 Å². The van der Waals surface area contributed by atoms with Gasteiger partial charge in [-0.05, 0) is 25.0 Å². The Labute approximate surface area is 131 Å². The van der Waals surface area contributed by atoms with Crippen LogP contribution in [0, 0.1) is 5.92 Å². The summed E-state index contributed by atoms with van der Waals surface area (Å²) in [6, 6.07) is 7.22. The monoisotopic (exact) mass is 305 g/mol. The lowest BCUT2D eigenvalue weighted by atomic mass is 9.97. The van der Waals surface area contributed by atoms with Crippen molar-refractivity contribution in [3.05, 3.63) is 24.3 Å². The summed E-state index contributed by atoms with van der Waals surface area (Å²) in [6.45, 7) is 1.17. The summed E-state index contributed by atoms with van der Waals surface area (Å²) in [5.41, 5.74) is 0.709. The van der Waals surface area contributed by atoms with Crippen molar-refractivity contribution in [2.24, 2.45) is 5.92 Å². The first-order valence-electron chi connectivity index (χ1n) is 7.42. The van der Waals surface area contributed by atoms with Crippen molar-refractivity contribution in [3.8, 4) is 5.75 Å². The molecule has 6 heteroatoms. The fourth-order valence-electron chi connectivity index (χ4n) is 2.59. The van der Waals surface area contributed by atoms with Crippen LogP contribution in [0.15, 0.2) is 24.3 Å². The molecule has 0 saturated carbocycles. The minimum Gasteiger partial charge on any atom is -0.497 e. The van der Waals surface area contributed by atoms with Gasteiger partial charge in [0, 0.05) is 38.9 Å². The number of anilines is 1. The Bertz CT molecular complexity index is 545. The van der Waals surface area contributed by atoms with Crippen molar-refractivity contribution >= 4 is 17.6 Å². The Kier molecular flexibility index (Phi) is 5.25. The summed E-state index contributed by atoms with van der Waals surface area (Å²) in [5, 5.41) is 2.90. The van der Waals surface area contributed by atoms with Gasteiger partial charge in [-0.15, -0.1) is 0 Å². The molecule has 0 bridgehead atoms. The highest BCUT2D eigenvalue weighted by Gasteiger charge is 2.29. The van der Waals surface area contributed by atoms with Crippen molar-refractivity contribution in [1.29, 1.82) is 0 Å². The fraction of sp³-hybridized carbons (Fsp3) is 0.500. The van der Waals surface area contributed by atoms with Gasteiger partial charge >= 0.3 is 6.03 Å². The van der Waals surface area contributed by atoms with Crippen molar-refractivity contribution in [2.45, 2.75) is 12.8 Å². The number of hydrogen-bond acceptors (Lipinski definition) is 3. The van der Waals surface area contributed by atoms with Crippen LogP contribution in [-0.4, -0.2) is 56.0 Å². The second kappa shape index (κ2) is 7.15. The molecule has 0 aliphatic carbocycles. The van der Waals surface area contributed by atoms with E-state index < -0.39 is 0 Å². The largest absolute Gasteiger partial charge is 0.497 e. The molecule has 1 aromatic rings. The smallest absolute Gasteiger partial charge is 0.319 e. The number of amides is 3. The second-order valence-corrected chi connectivity index (χ2v) is 5.68. The van der Waals surface area contributed by atoms with Gasteiger partial charge in [0.2, 0.25) is 5.91 Å². The first kappa shape index (κ1) is 16.1. The predicted molar refractivity (Wildman–Crippen MR) is 85.0 cm³/mol. The van der Waals surface area contributed by atoms with Crippen LogP contribution in [0.1, 0.15) is 12.8 Å². The van der Waals surface area contributed by atoms with E-state index in [1.807, 2.05) is 18.2 Å². The molecule has 120 valence electrons. The molecule has 0 spiro atoms. The minimum atomic E-state index is -0.177. The van der Waals surface area contributed by atoms with E-state index in [2.05, 4.69) is 5.32 Å². The van der Waals surface area contributed by atoms with Gasteiger partial charge in [-0.2, -0.15) is 0 Å². The molecule has 0 aromatic heterocycles. The maximum atomic E-state index is 12.4. The molecule has 0 unspecified atom stereocenters. The number of nitrogens with zero attached hydrogens (tertiary/aromatic N) is 2. The quantitative estimate of drug-likeness (QED) is 0.929. The highest BCUT2D eigenvalue weighted by molar-refractivity contribution is 5.93. The number of nitrogens with one attached hydrogen (secondary N) is 1. The highest BCUT2D eigenvalue weighted by atomic mass is 16.5. The second-order valence-electron chi connectivity index (χ2n) is 5.68. The molecular weight excluding hydrogens is 282 g/mol. The van der Waals surface area contributed by atoms with Crippen LogP contribution in [0.3, 0.4) is 0 Å². The number of carbonyl (C=O) groups excluding carboxylic acids is 2. The number of hydrogen-bond donors (Lipinski definition) is 1. The molecule has 1 aliphatic rings. The first-order valence-corrected chi connectivity index (χ1v) is 7.42. The zero-order valence-corrected chi connectivity index (χ0v) is 13.3. The molecule has 1 atom stereocenters. The van der Waals surface area contributed by atoms with Crippen molar-refractivity contribution in [1.82, 2.24) is 9.80 Å². The van der Waals surface area contributed by atoms with Crippen LogP contribution >= 0.6 is 0 Å². The van der Waals surface area contributed by atoms with Crippen LogP contribution in [0.5, 0.6) is 5.75 Å². The lowest BCUT2D eigenvalue weighted by Gasteiger charge is -2.33. The lowest BCUT2D eigenvalue weighted by Crippen LogP contribution is -2.47. The van der Waals surface area contributed by atoms with Crippen molar-refractivity contribution in [3.63, 3.8) is 0 Å². The number of carbonyl (C=O) groups is 2. The van der Waals surface area contributed by atoms with Crippen molar-refractivity contribution in [2.75, 3.05) is 39.6 Å². The molecule has 1 aromatic carbocycles. The lowest BCUT2D eigenvalue weighted by molar-refractivity contribution is -0.121. The Hall–Kier alpha value is -2.24. The summed E-state index contributed by atoms with van der Waals surface area (Å²) in [7, 11) is 5.04. The predicted octanol–water partition coefficient (Wildman–Crippen LogP) is 2.03. The van der Waals surface area contributed by atoms with Gasteiger partial charge < -0.3 is 19.9 Å². The maximum Gasteiger partial charge on any atom is 0.319 e. The number of likely N-dealkylation sites (tertiary alicyclic amines) is 1. The third-order valence-electron chi connectivity index (χ3n) is 3.78. The molecule has 1 saturated heterocycles. The summed E-state index contributed by atoms with van der Waals surface area (Å²) in [6.07, 6.45) is 1.64. The molecule has 1 fully saturated rings. The average molecular weight is 305 g/mol. The highest BCUT2D eigenvalue weighted by Crippen LogP contribution is 2.21. The average Bonchev–Trinajstić information content (AvgIpc) is 2.54. The molecule has 1 N–H and O–H groups in total. The Morgan fingerprint density at radius 1 is 1.36 bits per heavy atom. The first-order chi connectivity index (χ1) is 10.5. The van der Waals surface area contributed by atoms with E-state index in [9.17, 15) is 9.59 Å². The van der Waals surface area contributed by atoms with Gasteiger partial charge in [0.05, 0.1) is 13.0 Å². The fourth-order valence-corrected chi connectivity index (χ4v) is 2.59. The van der Waals surface area contributed by atoms with Gasteiger partial charge in [-0.1, -0.05) is 6.07 Å². The number of rotatable bonds is 3. The Morgan fingerprint density at radius 2 is 2.14 bits per heavy atom. The number of methoxy groups -OCH3 is 1. The summed E-state index contributed by atoms with van der Waals surface area (Å²) in [4.78, 5) is 27.7. The number of ether oxygens (including phenoxy) is 1. The standard InChI is InChI=1S/C16H23N3O3/c1-18(2)16(21)19-9-5-6-12(11-19)15(20)17-13-7-4-8-14(10-13)22-3/h4,7-8,10,12H,5-6,9,11H2,1-3H3,(H,17,20)/t12-/m1/s1. The Morgan fingerprint density at radius 3 is 2.82 bits per heavy atom. The normalized spacial score (nSPS) is 17.8. The summed E-state index contributed by atoms with van der Waals surface area (Å²) < 4.78 is 5.15. The van der Waals surface area contributed by atoms with Gasteiger partial charge in [0.15, 0.2) is 0 Å². The minimum absolute atomic E-state index is 0.0427. The van der Waals surface area contributed by atoms with Gasteiger partial charge in [-0.25, -0.2) is 4.79 Å². The van der Waals surface area contributed by atoms with E-state index in [0.29, 0.717) is 24.5 Å². The third-order valence-corrected chi connectivity index (χ3v) is 3.78. The van der Waals surface area contributed by atoms with E-state index in [1.165, 1.54) is 0 Å². The van der Waals surface area contributed by atoms with E-state index >= 15 is 0 Å². The van der Waals surface area contributed by atoms with Crippen LogP contribution in [0.25, 0.3) is 0 Å². The number of urea groups is 1. The molecule has 22 heavy (non-hydrogen) atoms. The van der Waals surface area contributed by atoms with E-state index in [1.54, 1.807) is 37.1 Å². The zero-order valence-electron chi connectivity index (χ0n) is 13.3. The number of benzene rings is 1. The maximum absolute atomic E-state index is 12.4.